The summed E-state index contributed by atoms with van der Waals surface area (Å²) in [6, 6.07) is 8.03. The van der Waals surface area contributed by atoms with Crippen molar-refractivity contribution in [1.82, 2.24) is 4.90 Å². The van der Waals surface area contributed by atoms with E-state index < -0.39 is 5.97 Å². The number of unbranched alkanes of at least 4 members (excludes halogenated alkanes) is 1. The maximum Gasteiger partial charge on any atom is 0.304 e. The largest absolute Gasteiger partial charge is 0.494 e. The van der Waals surface area contributed by atoms with E-state index in [1.165, 1.54) is 5.56 Å². The number of carboxylic acids is 1. The first-order valence-electron chi connectivity index (χ1n) is 7.36. The van der Waals surface area contributed by atoms with E-state index in [0.717, 1.165) is 31.7 Å². The topological polar surface area (TPSA) is 49.8 Å². The summed E-state index contributed by atoms with van der Waals surface area (Å²) in [5.41, 5.74) is 1.22. The van der Waals surface area contributed by atoms with Crippen LogP contribution in [0.4, 0.5) is 0 Å². The number of aliphatic carboxylic acids is 1. The van der Waals surface area contributed by atoms with E-state index in [2.05, 4.69) is 18.4 Å². The smallest absolute Gasteiger partial charge is 0.304 e. The normalized spacial score (nSPS) is 10.6. The Morgan fingerprint density at radius 1 is 1.29 bits per heavy atom. The fraction of sp³-hybridized carbons (Fsp3) is 0.471. The van der Waals surface area contributed by atoms with Gasteiger partial charge in [-0.1, -0.05) is 23.8 Å². The van der Waals surface area contributed by atoms with Crippen LogP contribution in [0, 0.1) is 6.92 Å². The molecule has 0 unspecified atom stereocenters. The number of rotatable bonds is 11. The van der Waals surface area contributed by atoms with Crippen molar-refractivity contribution in [3.8, 4) is 5.75 Å². The summed E-state index contributed by atoms with van der Waals surface area (Å²) in [5, 5.41) is 8.71. The Bertz CT molecular complexity index is 428. The molecule has 0 saturated heterocycles. The summed E-state index contributed by atoms with van der Waals surface area (Å²) >= 11 is 0. The molecule has 4 nitrogen and oxygen atoms in total. The highest BCUT2D eigenvalue weighted by molar-refractivity contribution is 5.66. The monoisotopic (exact) mass is 291 g/mol. The number of nitrogens with zero attached hydrogens (tertiary/aromatic N) is 1. The van der Waals surface area contributed by atoms with Gasteiger partial charge in [-0.15, -0.1) is 6.58 Å². The lowest BCUT2D eigenvalue weighted by Gasteiger charge is -2.19. The van der Waals surface area contributed by atoms with Crippen molar-refractivity contribution in [2.24, 2.45) is 0 Å². The lowest BCUT2D eigenvalue weighted by molar-refractivity contribution is -0.137. The zero-order chi connectivity index (χ0) is 15.5. The fourth-order valence-electron chi connectivity index (χ4n) is 1.99. The molecule has 1 N–H and O–H groups in total. The summed E-state index contributed by atoms with van der Waals surface area (Å²) < 4.78 is 5.67. The third kappa shape index (κ3) is 8.15. The van der Waals surface area contributed by atoms with Crippen LogP contribution in [0.15, 0.2) is 36.9 Å². The van der Waals surface area contributed by atoms with Crippen LogP contribution in [-0.4, -0.2) is 42.2 Å². The molecule has 116 valence electrons. The first kappa shape index (κ1) is 17.2. The van der Waals surface area contributed by atoms with Gasteiger partial charge in [0.15, 0.2) is 0 Å². The van der Waals surface area contributed by atoms with Crippen molar-refractivity contribution >= 4 is 5.97 Å². The lowest BCUT2D eigenvalue weighted by atomic mass is 10.2. The highest BCUT2D eigenvalue weighted by Gasteiger charge is 2.05. The third-order valence-corrected chi connectivity index (χ3v) is 3.19. The minimum absolute atomic E-state index is 0.174. The molecule has 0 aromatic heterocycles. The molecule has 0 amide bonds. The molecule has 0 bridgehead atoms. The second-order valence-electron chi connectivity index (χ2n) is 5.10. The lowest BCUT2D eigenvalue weighted by Crippen LogP contribution is -2.28. The maximum absolute atomic E-state index is 10.6. The van der Waals surface area contributed by atoms with E-state index in [1.54, 1.807) is 0 Å². The van der Waals surface area contributed by atoms with Crippen molar-refractivity contribution in [3.05, 3.63) is 42.5 Å². The molecule has 0 spiro atoms. The number of ether oxygens (including phenoxy) is 1. The standard InChI is InChI=1S/C17H25NO3/c1-3-11-18(13-10-17(19)20)12-4-5-14-21-16-8-6-15(2)7-9-16/h3,6-9H,1,4-5,10-14H2,2H3,(H,19,20). The first-order chi connectivity index (χ1) is 10.1. The molecule has 0 aliphatic rings. The van der Waals surface area contributed by atoms with Gasteiger partial charge in [0.1, 0.15) is 5.75 Å². The van der Waals surface area contributed by atoms with Crippen LogP contribution in [-0.2, 0) is 4.79 Å². The molecule has 1 rings (SSSR count). The maximum atomic E-state index is 10.6. The first-order valence-corrected chi connectivity index (χ1v) is 7.36. The molecule has 0 heterocycles. The molecule has 0 saturated carbocycles. The minimum Gasteiger partial charge on any atom is -0.494 e. The average Bonchev–Trinajstić information content (AvgIpc) is 2.46. The van der Waals surface area contributed by atoms with E-state index in [4.69, 9.17) is 9.84 Å². The molecule has 4 heteroatoms. The van der Waals surface area contributed by atoms with Crippen molar-refractivity contribution in [3.63, 3.8) is 0 Å². The third-order valence-electron chi connectivity index (χ3n) is 3.19. The number of aryl methyl sites for hydroxylation is 1. The van der Waals surface area contributed by atoms with E-state index in [9.17, 15) is 4.79 Å². The van der Waals surface area contributed by atoms with Gasteiger partial charge in [0.05, 0.1) is 13.0 Å². The number of benzene rings is 1. The van der Waals surface area contributed by atoms with E-state index >= 15 is 0 Å². The van der Waals surface area contributed by atoms with Gasteiger partial charge in [-0.3, -0.25) is 9.69 Å². The minimum atomic E-state index is -0.758. The predicted molar refractivity (Wildman–Crippen MR) is 84.8 cm³/mol. The summed E-state index contributed by atoms with van der Waals surface area (Å²) in [6.07, 6.45) is 3.92. The Morgan fingerprint density at radius 3 is 2.62 bits per heavy atom. The molecule has 0 aliphatic heterocycles. The van der Waals surface area contributed by atoms with E-state index in [-0.39, 0.29) is 6.42 Å². The quantitative estimate of drug-likeness (QED) is 0.503. The molecular formula is C17H25NO3. The number of hydrogen-bond donors (Lipinski definition) is 1. The van der Waals surface area contributed by atoms with Gasteiger partial charge in [-0.25, -0.2) is 0 Å². The van der Waals surface area contributed by atoms with Crippen molar-refractivity contribution in [2.45, 2.75) is 26.2 Å². The van der Waals surface area contributed by atoms with Crippen LogP contribution in [0.25, 0.3) is 0 Å². The van der Waals surface area contributed by atoms with Crippen LogP contribution in [0.2, 0.25) is 0 Å². The molecule has 0 radical (unpaired) electrons. The second kappa shape index (κ2) is 10.00. The number of carbonyl (C=O) groups is 1. The van der Waals surface area contributed by atoms with Crippen molar-refractivity contribution in [2.75, 3.05) is 26.2 Å². The number of hydrogen-bond acceptors (Lipinski definition) is 3. The van der Waals surface area contributed by atoms with Gasteiger partial charge in [0.25, 0.3) is 0 Å². The fourth-order valence-corrected chi connectivity index (χ4v) is 1.99. The Balaban J connectivity index is 2.16. The Kier molecular flexibility index (Phi) is 8.21. The van der Waals surface area contributed by atoms with Gasteiger partial charge < -0.3 is 9.84 Å². The predicted octanol–water partition coefficient (Wildman–Crippen LogP) is 3.12. The SMILES string of the molecule is C=CCN(CCCCOc1ccc(C)cc1)CCC(=O)O. The van der Waals surface area contributed by atoms with Crippen LogP contribution in [0.1, 0.15) is 24.8 Å². The van der Waals surface area contributed by atoms with E-state index in [0.29, 0.717) is 13.2 Å². The van der Waals surface area contributed by atoms with Gasteiger partial charge in [-0.05, 0) is 38.4 Å². The van der Waals surface area contributed by atoms with Gasteiger partial charge in [-0.2, -0.15) is 0 Å². The Morgan fingerprint density at radius 2 is 2.00 bits per heavy atom. The van der Waals surface area contributed by atoms with Crippen LogP contribution < -0.4 is 4.74 Å². The van der Waals surface area contributed by atoms with Crippen molar-refractivity contribution < 1.29 is 14.6 Å². The van der Waals surface area contributed by atoms with Gasteiger partial charge in [0, 0.05) is 13.1 Å². The van der Waals surface area contributed by atoms with Crippen LogP contribution in [0.5, 0.6) is 5.75 Å². The number of carboxylic acid groups (broad SMARTS) is 1. The van der Waals surface area contributed by atoms with Crippen molar-refractivity contribution in [1.29, 1.82) is 0 Å². The Labute approximate surface area is 127 Å². The van der Waals surface area contributed by atoms with E-state index in [1.807, 2.05) is 30.3 Å². The zero-order valence-corrected chi connectivity index (χ0v) is 12.8. The summed E-state index contributed by atoms with van der Waals surface area (Å²) in [4.78, 5) is 12.7. The van der Waals surface area contributed by atoms with Gasteiger partial charge in [0.2, 0.25) is 0 Å². The van der Waals surface area contributed by atoms with Crippen LogP contribution in [0.3, 0.4) is 0 Å². The summed E-state index contributed by atoms with van der Waals surface area (Å²) in [5.74, 6) is 0.140. The molecule has 1 aromatic rings. The molecule has 0 aliphatic carbocycles. The highest BCUT2D eigenvalue weighted by Crippen LogP contribution is 2.11. The molecule has 0 atom stereocenters. The average molecular weight is 291 g/mol. The molecule has 0 fully saturated rings. The summed E-state index contributed by atoms with van der Waals surface area (Å²) in [6.45, 7) is 8.61. The van der Waals surface area contributed by atoms with Crippen LogP contribution >= 0.6 is 0 Å². The molecular weight excluding hydrogens is 266 g/mol. The van der Waals surface area contributed by atoms with Gasteiger partial charge >= 0.3 is 5.97 Å². The molecule has 1 aromatic carbocycles. The summed E-state index contributed by atoms with van der Waals surface area (Å²) in [7, 11) is 0. The Hall–Kier alpha value is -1.81. The second-order valence-corrected chi connectivity index (χ2v) is 5.10. The molecule has 21 heavy (non-hydrogen) atoms. The zero-order valence-electron chi connectivity index (χ0n) is 12.8. The highest BCUT2D eigenvalue weighted by atomic mass is 16.5.